The van der Waals surface area contributed by atoms with Gasteiger partial charge in [0.25, 0.3) is 0 Å². The number of benzene rings is 2. The highest BCUT2D eigenvalue weighted by atomic mass is 32.1. The summed E-state index contributed by atoms with van der Waals surface area (Å²) in [5.74, 6) is 0.370. The summed E-state index contributed by atoms with van der Waals surface area (Å²) >= 11 is 5.01. The molecule has 0 heterocycles. The van der Waals surface area contributed by atoms with Crippen molar-refractivity contribution < 1.29 is 13.9 Å². The Labute approximate surface area is 127 Å². The van der Waals surface area contributed by atoms with Crippen LogP contribution in [0.4, 0.5) is 15.8 Å². The van der Waals surface area contributed by atoms with Gasteiger partial charge in [-0.05, 0) is 24.3 Å². The lowest BCUT2D eigenvalue weighted by atomic mass is 10.1. The van der Waals surface area contributed by atoms with Crippen LogP contribution in [-0.4, -0.2) is 19.2 Å². The fourth-order valence-corrected chi connectivity index (χ4v) is 2.05. The third kappa shape index (κ3) is 3.41. The molecule has 0 atom stereocenters. The van der Waals surface area contributed by atoms with Gasteiger partial charge in [0.05, 0.1) is 19.9 Å². The van der Waals surface area contributed by atoms with E-state index in [1.54, 1.807) is 31.4 Å². The molecule has 0 unspecified atom stereocenters. The van der Waals surface area contributed by atoms with Gasteiger partial charge < -0.3 is 20.5 Å². The summed E-state index contributed by atoms with van der Waals surface area (Å²) in [6.45, 7) is 0. The molecule has 2 aromatic carbocycles. The molecule has 0 bridgehead atoms. The van der Waals surface area contributed by atoms with Gasteiger partial charge in [-0.15, -0.1) is 0 Å². The van der Waals surface area contributed by atoms with Crippen LogP contribution in [0.2, 0.25) is 0 Å². The molecule has 21 heavy (non-hydrogen) atoms. The number of halogens is 1. The van der Waals surface area contributed by atoms with Crippen LogP contribution >= 0.6 is 12.2 Å². The monoisotopic (exact) mass is 306 g/mol. The van der Waals surface area contributed by atoms with Gasteiger partial charge in [0.1, 0.15) is 10.7 Å². The third-order valence-electron chi connectivity index (χ3n) is 2.92. The maximum absolute atomic E-state index is 13.7. The predicted molar refractivity (Wildman–Crippen MR) is 85.1 cm³/mol. The fourth-order valence-electron chi connectivity index (χ4n) is 1.87. The summed E-state index contributed by atoms with van der Waals surface area (Å²) in [5, 5.41) is 3.08. The van der Waals surface area contributed by atoms with Gasteiger partial charge in [-0.1, -0.05) is 12.2 Å². The Balaban J connectivity index is 2.37. The number of methoxy groups -OCH3 is 2. The van der Waals surface area contributed by atoms with E-state index in [1.807, 2.05) is 0 Å². The average Bonchev–Trinajstić information content (AvgIpc) is 2.47. The van der Waals surface area contributed by atoms with Crippen molar-refractivity contribution in [1.82, 2.24) is 0 Å². The summed E-state index contributed by atoms with van der Waals surface area (Å²) in [4.78, 5) is 0.245. The Morgan fingerprint density at radius 3 is 2.48 bits per heavy atom. The van der Waals surface area contributed by atoms with Gasteiger partial charge in [0, 0.05) is 23.4 Å². The SMILES string of the molecule is COc1ccc(C(N)=S)c(Nc2ccc(OC)c(F)c2)c1. The third-order valence-corrected chi connectivity index (χ3v) is 3.14. The van der Waals surface area contributed by atoms with Gasteiger partial charge >= 0.3 is 0 Å². The van der Waals surface area contributed by atoms with Crippen LogP contribution in [0.3, 0.4) is 0 Å². The average molecular weight is 306 g/mol. The number of thiocarbonyl (C=S) groups is 1. The zero-order chi connectivity index (χ0) is 15.4. The topological polar surface area (TPSA) is 56.5 Å². The van der Waals surface area contributed by atoms with Crippen LogP contribution in [0.25, 0.3) is 0 Å². The largest absolute Gasteiger partial charge is 0.497 e. The smallest absolute Gasteiger partial charge is 0.167 e. The van der Waals surface area contributed by atoms with E-state index >= 15 is 0 Å². The molecule has 0 aliphatic heterocycles. The molecule has 0 saturated heterocycles. The number of anilines is 2. The molecule has 0 amide bonds. The number of nitrogens with one attached hydrogen (secondary N) is 1. The van der Waals surface area contributed by atoms with Gasteiger partial charge in [0.2, 0.25) is 0 Å². The first kappa shape index (κ1) is 15.1. The van der Waals surface area contributed by atoms with Crippen molar-refractivity contribution in [2.45, 2.75) is 0 Å². The van der Waals surface area contributed by atoms with E-state index in [0.717, 1.165) is 0 Å². The maximum Gasteiger partial charge on any atom is 0.167 e. The van der Waals surface area contributed by atoms with Crippen LogP contribution in [0.1, 0.15) is 5.56 Å². The van der Waals surface area contributed by atoms with Crippen molar-refractivity contribution in [3.05, 3.63) is 47.8 Å². The minimum atomic E-state index is -0.456. The summed E-state index contributed by atoms with van der Waals surface area (Å²) in [7, 11) is 2.98. The molecule has 0 saturated carbocycles. The Morgan fingerprint density at radius 1 is 1.14 bits per heavy atom. The molecule has 0 spiro atoms. The number of ether oxygens (including phenoxy) is 2. The van der Waals surface area contributed by atoms with E-state index in [1.165, 1.54) is 19.2 Å². The minimum Gasteiger partial charge on any atom is -0.497 e. The number of nitrogens with two attached hydrogens (primary N) is 1. The quantitative estimate of drug-likeness (QED) is 0.831. The first-order valence-electron chi connectivity index (χ1n) is 6.13. The standard InChI is InChI=1S/C15H15FN2O2S/c1-19-10-4-5-11(15(17)21)13(8-10)18-9-3-6-14(20-2)12(16)7-9/h3-8,18H,1-2H3,(H2,17,21). The number of hydrogen-bond donors (Lipinski definition) is 2. The molecule has 6 heteroatoms. The lowest BCUT2D eigenvalue weighted by molar-refractivity contribution is 0.386. The first-order chi connectivity index (χ1) is 10.0. The molecule has 4 nitrogen and oxygen atoms in total. The van der Waals surface area contributed by atoms with Gasteiger partial charge in [-0.25, -0.2) is 4.39 Å². The molecule has 2 rings (SSSR count). The van der Waals surface area contributed by atoms with Crippen LogP contribution in [0.5, 0.6) is 11.5 Å². The zero-order valence-electron chi connectivity index (χ0n) is 11.6. The molecular formula is C15H15FN2O2S. The predicted octanol–water partition coefficient (Wildman–Crippen LogP) is 3.22. The lowest BCUT2D eigenvalue weighted by Crippen LogP contribution is -2.12. The zero-order valence-corrected chi connectivity index (χ0v) is 12.5. The molecule has 0 radical (unpaired) electrons. The Morgan fingerprint density at radius 2 is 1.90 bits per heavy atom. The van der Waals surface area contributed by atoms with Crippen LogP contribution < -0.4 is 20.5 Å². The van der Waals surface area contributed by atoms with E-state index in [9.17, 15) is 4.39 Å². The fraction of sp³-hybridized carbons (Fsp3) is 0.133. The second kappa shape index (κ2) is 6.41. The Kier molecular flexibility index (Phi) is 4.59. The van der Waals surface area contributed by atoms with Crippen LogP contribution in [-0.2, 0) is 0 Å². The molecule has 0 aliphatic rings. The lowest BCUT2D eigenvalue weighted by Gasteiger charge is -2.13. The molecule has 0 aliphatic carbocycles. The molecule has 3 N–H and O–H groups in total. The highest BCUT2D eigenvalue weighted by Crippen LogP contribution is 2.28. The first-order valence-corrected chi connectivity index (χ1v) is 6.54. The molecule has 2 aromatic rings. The van der Waals surface area contributed by atoms with E-state index < -0.39 is 5.82 Å². The summed E-state index contributed by atoms with van der Waals surface area (Å²) in [5.41, 5.74) is 7.55. The van der Waals surface area contributed by atoms with Crippen molar-refractivity contribution in [3.63, 3.8) is 0 Å². The molecule has 0 aromatic heterocycles. The van der Waals surface area contributed by atoms with E-state index in [-0.39, 0.29) is 10.7 Å². The summed E-state index contributed by atoms with van der Waals surface area (Å²) < 4.78 is 23.8. The molecular weight excluding hydrogens is 291 g/mol. The maximum atomic E-state index is 13.7. The van der Waals surface area contributed by atoms with Crippen LogP contribution in [0, 0.1) is 5.82 Å². The highest BCUT2D eigenvalue weighted by Gasteiger charge is 2.09. The van der Waals surface area contributed by atoms with Crippen molar-refractivity contribution in [2.75, 3.05) is 19.5 Å². The number of rotatable bonds is 5. The van der Waals surface area contributed by atoms with Gasteiger partial charge in [0.15, 0.2) is 11.6 Å². The van der Waals surface area contributed by atoms with E-state index in [0.29, 0.717) is 22.7 Å². The minimum absolute atomic E-state index is 0.181. The van der Waals surface area contributed by atoms with Crippen LogP contribution in [0.15, 0.2) is 36.4 Å². The Hall–Kier alpha value is -2.34. The second-order valence-electron chi connectivity index (χ2n) is 4.25. The summed E-state index contributed by atoms with van der Waals surface area (Å²) in [6.07, 6.45) is 0. The van der Waals surface area contributed by atoms with Crippen molar-refractivity contribution in [3.8, 4) is 11.5 Å². The molecule has 0 fully saturated rings. The van der Waals surface area contributed by atoms with Crippen molar-refractivity contribution in [2.24, 2.45) is 5.73 Å². The van der Waals surface area contributed by atoms with E-state index in [2.05, 4.69) is 5.32 Å². The van der Waals surface area contributed by atoms with E-state index in [4.69, 9.17) is 27.4 Å². The Bertz CT molecular complexity index is 677. The normalized spacial score (nSPS) is 10.0. The highest BCUT2D eigenvalue weighted by molar-refractivity contribution is 7.80. The second-order valence-corrected chi connectivity index (χ2v) is 4.69. The van der Waals surface area contributed by atoms with Gasteiger partial charge in [-0.3, -0.25) is 0 Å². The van der Waals surface area contributed by atoms with Gasteiger partial charge in [-0.2, -0.15) is 0 Å². The summed E-state index contributed by atoms with van der Waals surface area (Å²) in [6, 6.07) is 9.83. The molecule has 110 valence electrons. The van der Waals surface area contributed by atoms with Crippen molar-refractivity contribution >= 4 is 28.6 Å². The van der Waals surface area contributed by atoms with Crippen molar-refractivity contribution in [1.29, 1.82) is 0 Å². The number of hydrogen-bond acceptors (Lipinski definition) is 4.